The van der Waals surface area contributed by atoms with E-state index >= 15 is 0 Å². The topological polar surface area (TPSA) is 58.1 Å². The van der Waals surface area contributed by atoms with Gasteiger partial charge in [-0.1, -0.05) is 20.8 Å². The number of amides is 1. The molecule has 0 radical (unpaired) electrons. The summed E-state index contributed by atoms with van der Waals surface area (Å²) in [6.45, 7) is 7.75. The highest BCUT2D eigenvalue weighted by atomic mass is 19.1. The number of hydrogen-bond donors (Lipinski definition) is 1. The van der Waals surface area contributed by atoms with Crippen LogP contribution < -0.4 is 10.2 Å². The normalized spacial score (nSPS) is 15.9. The van der Waals surface area contributed by atoms with Gasteiger partial charge in [0.15, 0.2) is 5.82 Å². The van der Waals surface area contributed by atoms with Gasteiger partial charge in [0.05, 0.1) is 11.3 Å². The molecular weight excluding hydrogens is 410 g/mol. The molecule has 166 valence electrons. The quantitative estimate of drug-likeness (QED) is 0.562. The molecule has 5 nitrogen and oxygen atoms in total. The summed E-state index contributed by atoms with van der Waals surface area (Å²) in [4.78, 5) is 24.0. The maximum atomic E-state index is 14.7. The largest absolute Gasteiger partial charge is 0.355 e. The van der Waals surface area contributed by atoms with Crippen LogP contribution in [-0.2, 0) is 0 Å². The molecule has 0 aliphatic carbocycles. The molecule has 3 heterocycles. The highest BCUT2D eigenvalue weighted by molar-refractivity contribution is 6.08. The van der Waals surface area contributed by atoms with Crippen molar-refractivity contribution in [3.05, 3.63) is 71.7 Å². The number of benzene rings is 1. The molecule has 3 aromatic rings. The first-order valence-corrected chi connectivity index (χ1v) is 10.8. The van der Waals surface area contributed by atoms with Crippen molar-refractivity contribution in [3.8, 4) is 11.1 Å². The van der Waals surface area contributed by atoms with E-state index in [9.17, 15) is 13.6 Å². The van der Waals surface area contributed by atoms with Crippen molar-refractivity contribution in [2.24, 2.45) is 5.92 Å². The van der Waals surface area contributed by atoms with Gasteiger partial charge in [0, 0.05) is 42.3 Å². The second kappa shape index (κ2) is 9.02. The van der Waals surface area contributed by atoms with Crippen LogP contribution in [0.1, 0.15) is 49.2 Å². The summed E-state index contributed by atoms with van der Waals surface area (Å²) < 4.78 is 28.6. The summed E-state index contributed by atoms with van der Waals surface area (Å²) >= 11 is 0. The van der Waals surface area contributed by atoms with Crippen LogP contribution in [-0.4, -0.2) is 29.0 Å². The van der Waals surface area contributed by atoms with E-state index in [0.717, 1.165) is 43.4 Å². The Balaban J connectivity index is 1.77. The number of pyridine rings is 2. The average Bonchev–Trinajstić information content (AvgIpc) is 3.21. The minimum Gasteiger partial charge on any atom is -0.355 e. The molecular formula is C25H26F2N4O. The van der Waals surface area contributed by atoms with Gasteiger partial charge < -0.3 is 10.2 Å². The van der Waals surface area contributed by atoms with Crippen molar-refractivity contribution in [1.82, 2.24) is 9.97 Å². The van der Waals surface area contributed by atoms with E-state index in [0.29, 0.717) is 28.6 Å². The summed E-state index contributed by atoms with van der Waals surface area (Å²) in [5, 5.41) is 2.91. The first-order valence-electron chi connectivity index (χ1n) is 10.8. The van der Waals surface area contributed by atoms with Crippen LogP contribution in [0.25, 0.3) is 11.1 Å². The molecule has 1 N–H and O–H groups in total. The third-order valence-corrected chi connectivity index (χ3v) is 5.75. The van der Waals surface area contributed by atoms with E-state index in [1.165, 1.54) is 6.20 Å². The van der Waals surface area contributed by atoms with E-state index in [2.05, 4.69) is 27.1 Å². The van der Waals surface area contributed by atoms with Crippen LogP contribution in [0.5, 0.6) is 0 Å². The van der Waals surface area contributed by atoms with Crippen LogP contribution in [0.15, 0.2) is 48.8 Å². The number of nitrogens with one attached hydrogen (secondary N) is 1. The van der Waals surface area contributed by atoms with Crippen molar-refractivity contribution in [2.45, 2.75) is 33.1 Å². The molecule has 7 heteroatoms. The fourth-order valence-electron chi connectivity index (χ4n) is 3.94. The molecule has 0 unspecified atom stereocenters. The predicted molar refractivity (Wildman–Crippen MR) is 122 cm³/mol. The van der Waals surface area contributed by atoms with Crippen molar-refractivity contribution in [3.63, 3.8) is 0 Å². The number of halogens is 2. The molecule has 1 aliphatic rings. The third-order valence-electron chi connectivity index (χ3n) is 5.75. The number of rotatable bonds is 5. The Labute approximate surface area is 186 Å². The van der Waals surface area contributed by atoms with E-state index in [1.807, 2.05) is 19.9 Å². The standard InChI is InChI=1S/C25H26F2N4O/c1-15(2)22-7-4-17(13-29-22)25(32)30-23-19(20-12-18(26)5-6-21(20)27)8-10-28-24(23)31-11-9-16(3)14-31/h4-8,10,12-13,15-16H,9,11,14H2,1-3H3,(H,30,32)/t16-/m0/s1. The highest BCUT2D eigenvalue weighted by Gasteiger charge is 2.26. The lowest BCUT2D eigenvalue weighted by Crippen LogP contribution is -2.24. The van der Waals surface area contributed by atoms with Gasteiger partial charge in [0.2, 0.25) is 0 Å². The number of hydrogen-bond acceptors (Lipinski definition) is 4. The molecule has 1 fully saturated rings. The highest BCUT2D eigenvalue weighted by Crippen LogP contribution is 2.38. The average molecular weight is 437 g/mol. The van der Waals surface area contributed by atoms with Crippen molar-refractivity contribution >= 4 is 17.4 Å². The van der Waals surface area contributed by atoms with E-state index in [4.69, 9.17) is 0 Å². The monoisotopic (exact) mass is 436 g/mol. The lowest BCUT2D eigenvalue weighted by Gasteiger charge is -2.23. The second-order valence-electron chi connectivity index (χ2n) is 8.60. The van der Waals surface area contributed by atoms with Gasteiger partial charge in [-0.05, 0) is 54.7 Å². The molecule has 4 rings (SSSR count). The number of carbonyl (C=O) groups is 1. The van der Waals surface area contributed by atoms with Crippen LogP contribution in [0.3, 0.4) is 0 Å². The fourth-order valence-corrected chi connectivity index (χ4v) is 3.94. The van der Waals surface area contributed by atoms with Crippen LogP contribution in [0, 0.1) is 17.6 Å². The Bertz CT molecular complexity index is 1130. The van der Waals surface area contributed by atoms with E-state index in [-0.39, 0.29) is 17.4 Å². The zero-order valence-electron chi connectivity index (χ0n) is 18.4. The second-order valence-corrected chi connectivity index (χ2v) is 8.60. The van der Waals surface area contributed by atoms with Crippen LogP contribution in [0.2, 0.25) is 0 Å². The minimum absolute atomic E-state index is 0.0736. The maximum Gasteiger partial charge on any atom is 0.257 e. The van der Waals surface area contributed by atoms with Gasteiger partial charge in [0.1, 0.15) is 11.6 Å². The number of aromatic nitrogens is 2. The predicted octanol–water partition coefficient (Wildman–Crippen LogP) is 5.64. The van der Waals surface area contributed by atoms with Crippen molar-refractivity contribution < 1.29 is 13.6 Å². The number of carbonyl (C=O) groups excluding carboxylic acids is 1. The maximum absolute atomic E-state index is 14.7. The Morgan fingerprint density at radius 1 is 1.12 bits per heavy atom. The zero-order chi connectivity index (χ0) is 22.8. The molecule has 2 aromatic heterocycles. The van der Waals surface area contributed by atoms with Gasteiger partial charge >= 0.3 is 0 Å². The van der Waals surface area contributed by atoms with Crippen LogP contribution >= 0.6 is 0 Å². The molecule has 32 heavy (non-hydrogen) atoms. The minimum atomic E-state index is -0.572. The van der Waals surface area contributed by atoms with Crippen molar-refractivity contribution in [1.29, 1.82) is 0 Å². The van der Waals surface area contributed by atoms with Gasteiger partial charge in [-0.15, -0.1) is 0 Å². The Kier molecular flexibility index (Phi) is 6.17. The Hall–Kier alpha value is -3.35. The summed E-state index contributed by atoms with van der Waals surface area (Å²) in [6.07, 6.45) is 4.09. The van der Waals surface area contributed by atoms with Gasteiger partial charge in [-0.25, -0.2) is 13.8 Å². The van der Waals surface area contributed by atoms with E-state index in [1.54, 1.807) is 18.3 Å². The third kappa shape index (κ3) is 4.47. The van der Waals surface area contributed by atoms with Gasteiger partial charge in [-0.2, -0.15) is 0 Å². The zero-order valence-corrected chi connectivity index (χ0v) is 18.4. The van der Waals surface area contributed by atoms with E-state index < -0.39 is 11.6 Å². The molecule has 0 saturated carbocycles. The molecule has 1 aliphatic heterocycles. The first-order chi connectivity index (χ1) is 15.3. The van der Waals surface area contributed by atoms with Gasteiger partial charge in [-0.3, -0.25) is 9.78 Å². The summed E-state index contributed by atoms with van der Waals surface area (Å²) in [5.41, 5.74) is 2.09. The van der Waals surface area contributed by atoms with Crippen LogP contribution in [0.4, 0.5) is 20.3 Å². The number of nitrogens with zero attached hydrogens (tertiary/aromatic N) is 3. The molecule has 1 amide bonds. The summed E-state index contributed by atoms with van der Waals surface area (Å²) in [5.74, 6) is -0.237. The fraction of sp³-hybridized carbons (Fsp3) is 0.320. The molecule has 0 bridgehead atoms. The SMILES string of the molecule is CC(C)c1ccc(C(=O)Nc2c(-c3cc(F)ccc3F)ccnc2N2CC[C@H](C)C2)cn1. The number of anilines is 2. The summed E-state index contributed by atoms with van der Waals surface area (Å²) in [7, 11) is 0. The Morgan fingerprint density at radius 3 is 2.59 bits per heavy atom. The molecule has 1 atom stereocenters. The Morgan fingerprint density at radius 2 is 1.94 bits per heavy atom. The molecule has 0 spiro atoms. The lowest BCUT2D eigenvalue weighted by molar-refractivity contribution is 0.102. The lowest BCUT2D eigenvalue weighted by atomic mass is 10.0. The van der Waals surface area contributed by atoms with Gasteiger partial charge in [0.25, 0.3) is 5.91 Å². The summed E-state index contributed by atoms with van der Waals surface area (Å²) in [6, 6.07) is 8.42. The first kappa shape index (κ1) is 21.9. The molecule has 1 aromatic carbocycles. The van der Waals surface area contributed by atoms with Crippen molar-refractivity contribution in [2.75, 3.05) is 23.3 Å². The molecule has 1 saturated heterocycles. The smallest absolute Gasteiger partial charge is 0.257 e.